The van der Waals surface area contributed by atoms with Crippen molar-refractivity contribution in [2.45, 2.75) is 66.8 Å². The van der Waals surface area contributed by atoms with E-state index in [0.29, 0.717) is 31.0 Å². The lowest BCUT2D eigenvalue weighted by Crippen LogP contribution is -2.37. The number of nitrogens with two attached hydrogens (primary N) is 2. The number of hydrogen-bond donors (Lipinski definition) is 3. The van der Waals surface area contributed by atoms with Gasteiger partial charge in [-0.3, -0.25) is 9.59 Å². The Morgan fingerprint density at radius 1 is 1.10 bits per heavy atom. The van der Waals surface area contributed by atoms with Gasteiger partial charge in [0.1, 0.15) is 0 Å². The fraction of sp³-hybridized carbons (Fsp3) is 0.375. The monoisotopic (exact) mass is 530 g/mol. The molecule has 7 nitrogen and oxygen atoms in total. The smallest absolute Gasteiger partial charge is 0.304 e. The molecule has 7 heteroatoms. The van der Waals surface area contributed by atoms with Crippen LogP contribution in [0.25, 0.3) is 0 Å². The van der Waals surface area contributed by atoms with E-state index in [0.717, 1.165) is 50.9 Å². The second-order valence-corrected chi connectivity index (χ2v) is 10.6. The quantitative estimate of drug-likeness (QED) is 0.234. The number of allylic oxidation sites excluding steroid dienone is 3. The molecule has 39 heavy (non-hydrogen) atoms. The standard InChI is InChI=1S/C32H42N4O3/c1-8-36(34)29(24(7)33)12-9-19(2)28(17-30(37)38)26-11-10-25-13-14-35(18-27(25)16-26)32(39)31-22(5)20(3)15-21(4)23(31)6/h9-12,15-16,28H,7-8,13-14,17-18,33-34H2,1-6H3,(H,37,38)/b19-9+,29-12+. The molecule has 1 heterocycles. The third-order valence-corrected chi connectivity index (χ3v) is 7.92. The first-order valence-electron chi connectivity index (χ1n) is 13.4. The maximum absolute atomic E-state index is 13.7. The van der Waals surface area contributed by atoms with Crippen molar-refractivity contribution in [3.8, 4) is 0 Å². The van der Waals surface area contributed by atoms with Gasteiger partial charge < -0.3 is 20.7 Å². The Hall–Kier alpha value is -3.84. The van der Waals surface area contributed by atoms with Gasteiger partial charge in [-0.1, -0.05) is 42.5 Å². The van der Waals surface area contributed by atoms with Gasteiger partial charge >= 0.3 is 5.97 Å². The van der Waals surface area contributed by atoms with Gasteiger partial charge in [0.15, 0.2) is 0 Å². The van der Waals surface area contributed by atoms with Crippen molar-refractivity contribution in [1.82, 2.24) is 9.91 Å². The highest BCUT2D eigenvalue weighted by Crippen LogP contribution is 2.32. The number of benzene rings is 2. The van der Waals surface area contributed by atoms with E-state index in [1.54, 1.807) is 6.08 Å². The normalized spacial score (nSPS) is 14.6. The zero-order valence-electron chi connectivity index (χ0n) is 24.1. The first kappa shape index (κ1) is 29.7. The molecule has 0 spiro atoms. The Kier molecular flexibility index (Phi) is 9.41. The number of carbonyl (C=O) groups is 2. The molecule has 1 aliphatic heterocycles. The Morgan fingerprint density at radius 3 is 2.31 bits per heavy atom. The zero-order chi connectivity index (χ0) is 29.0. The molecule has 1 unspecified atom stereocenters. The molecule has 0 bridgehead atoms. The van der Waals surface area contributed by atoms with Gasteiger partial charge in [-0.25, -0.2) is 5.84 Å². The minimum Gasteiger partial charge on any atom is -0.481 e. The number of hydrogen-bond acceptors (Lipinski definition) is 5. The molecule has 2 aromatic rings. The summed E-state index contributed by atoms with van der Waals surface area (Å²) in [5.41, 5.74) is 15.9. The average molecular weight is 531 g/mol. The Morgan fingerprint density at radius 2 is 1.74 bits per heavy atom. The van der Waals surface area contributed by atoms with Gasteiger partial charge in [0, 0.05) is 36.8 Å². The highest BCUT2D eigenvalue weighted by molar-refractivity contribution is 5.98. The summed E-state index contributed by atoms with van der Waals surface area (Å²) in [5, 5.41) is 11.2. The predicted molar refractivity (Wildman–Crippen MR) is 157 cm³/mol. The Labute approximate surface area is 232 Å². The molecule has 0 aromatic heterocycles. The number of hydrazine groups is 1. The molecule has 3 rings (SSSR count). The van der Waals surface area contributed by atoms with Crippen LogP contribution in [-0.4, -0.2) is 40.0 Å². The zero-order valence-corrected chi connectivity index (χ0v) is 24.1. The van der Waals surface area contributed by atoms with Crippen LogP contribution in [0, 0.1) is 27.7 Å². The third kappa shape index (κ3) is 6.60. The number of fused-ring (bicyclic) bond motifs is 1. The molecule has 0 saturated carbocycles. The van der Waals surface area contributed by atoms with Crippen LogP contribution in [0.2, 0.25) is 0 Å². The minimum atomic E-state index is -0.885. The van der Waals surface area contributed by atoms with Crippen molar-refractivity contribution in [3.63, 3.8) is 0 Å². The highest BCUT2D eigenvalue weighted by Gasteiger charge is 2.27. The number of rotatable bonds is 9. The number of aryl methyl sites for hydroxylation is 2. The van der Waals surface area contributed by atoms with Gasteiger partial charge in [0.25, 0.3) is 5.91 Å². The van der Waals surface area contributed by atoms with Crippen molar-refractivity contribution in [2.24, 2.45) is 11.6 Å². The first-order chi connectivity index (χ1) is 18.3. The Bertz CT molecular complexity index is 1330. The molecule has 2 aromatic carbocycles. The molecule has 1 aliphatic rings. The second kappa shape index (κ2) is 12.3. The number of carboxylic acid groups (broad SMARTS) is 1. The SMILES string of the molecule is C=C(N)/C(=C\C=C(/C)C(CC(=O)O)c1ccc2c(c1)CN(C(=O)c1c(C)c(C)cc(C)c1C)CC2)N(N)CC. The summed E-state index contributed by atoms with van der Waals surface area (Å²) < 4.78 is 0. The molecule has 208 valence electrons. The molecular formula is C32H42N4O3. The second-order valence-electron chi connectivity index (χ2n) is 10.6. The van der Waals surface area contributed by atoms with Gasteiger partial charge in [-0.2, -0.15) is 0 Å². The summed E-state index contributed by atoms with van der Waals surface area (Å²) in [5.74, 6) is 4.85. The van der Waals surface area contributed by atoms with Crippen LogP contribution in [0.5, 0.6) is 0 Å². The summed E-state index contributed by atoms with van der Waals surface area (Å²) in [6.45, 7) is 17.4. The van der Waals surface area contributed by atoms with E-state index in [-0.39, 0.29) is 18.2 Å². The molecule has 5 N–H and O–H groups in total. The van der Waals surface area contributed by atoms with Crippen LogP contribution >= 0.6 is 0 Å². The predicted octanol–water partition coefficient (Wildman–Crippen LogP) is 5.18. The average Bonchev–Trinajstić information content (AvgIpc) is 2.89. The van der Waals surface area contributed by atoms with E-state index < -0.39 is 5.97 Å². The van der Waals surface area contributed by atoms with Crippen molar-refractivity contribution in [2.75, 3.05) is 13.1 Å². The van der Waals surface area contributed by atoms with Crippen molar-refractivity contribution < 1.29 is 14.7 Å². The van der Waals surface area contributed by atoms with Gasteiger partial charge in [-0.05, 0) is 93.0 Å². The third-order valence-electron chi connectivity index (χ3n) is 7.92. The van der Waals surface area contributed by atoms with E-state index in [4.69, 9.17) is 11.6 Å². The van der Waals surface area contributed by atoms with Gasteiger partial charge in [-0.15, -0.1) is 0 Å². The van der Waals surface area contributed by atoms with Crippen LogP contribution in [0.1, 0.15) is 75.5 Å². The van der Waals surface area contributed by atoms with Crippen LogP contribution in [0.3, 0.4) is 0 Å². The summed E-state index contributed by atoms with van der Waals surface area (Å²) in [7, 11) is 0. The van der Waals surface area contributed by atoms with Crippen LogP contribution < -0.4 is 11.6 Å². The van der Waals surface area contributed by atoms with E-state index >= 15 is 0 Å². The van der Waals surface area contributed by atoms with Crippen molar-refractivity contribution in [1.29, 1.82) is 0 Å². The molecule has 1 amide bonds. The van der Waals surface area contributed by atoms with E-state index in [2.05, 4.69) is 24.8 Å². The summed E-state index contributed by atoms with van der Waals surface area (Å²) >= 11 is 0. The largest absolute Gasteiger partial charge is 0.481 e. The van der Waals surface area contributed by atoms with Gasteiger partial charge in [0.05, 0.1) is 12.1 Å². The molecular weight excluding hydrogens is 488 g/mol. The number of aliphatic carboxylic acids is 1. The number of carboxylic acids is 1. The molecule has 0 fully saturated rings. The lowest BCUT2D eigenvalue weighted by Gasteiger charge is -2.31. The van der Waals surface area contributed by atoms with Gasteiger partial charge in [0.2, 0.25) is 0 Å². The van der Waals surface area contributed by atoms with Crippen LogP contribution in [0.15, 0.2) is 60.0 Å². The fourth-order valence-electron chi connectivity index (χ4n) is 5.26. The molecule has 1 atom stereocenters. The first-order valence-corrected chi connectivity index (χ1v) is 13.4. The van der Waals surface area contributed by atoms with Crippen molar-refractivity contribution >= 4 is 11.9 Å². The van der Waals surface area contributed by atoms with E-state index in [1.165, 1.54) is 10.6 Å². The number of carbonyl (C=O) groups excluding carboxylic acids is 1. The lowest BCUT2D eigenvalue weighted by atomic mass is 9.85. The van der Waals surface area contributed by atoms with Crippen molar-refractivity contribution in [3.05, 3.63) is 104 Å². The summed E-state index contributed by atoms with van der Waals surface area (Å²) in [6.07, 6.45) is 4.34. The highest BCUT2D eigenvalue weighted by atomic mass is 16.4. The number of nitrogens with zero attached hydrogens (tertiary/aromatic N) is 2. The van der Waals surface area contributed by atoms with Crippen LogP contribution in [0.4, 0.5) is 0 Å². The minimum absolute atomic E-state index is 0.0490. The number of amides is 1. The van der Waals surface area contributed by atoms with Crippen LogP contribution in [-0.2, 0) is 17.8 Å². The summed E-state index contributed by atoms with van der Waals surface area (Å²) in [6, 6.07) is 8.28. The fourth-order valence-corrected chi connectivity index (χ4v) is 5.26. The van der Waals surface area contributed by atoms with E-state index in [9.17, 15) is 14.7 Å². The molecule has 0 radical (unpaired) electrons. The molecule has 0 aliphatic carbocycles. The topological polar surface area (TPSA) is 113 Å². The maximum Gasteiger partial charge on any atom is 0.304 e. The number of likely N-dealkylation sites (N-methyl/N-ethyl adjacent to an activating group) is 1. The lowest BCUT2D eigenvalue weighted by molar-refractivity contribution is -0.137. The molecule has 0 saturated heterocycles. The Balaban J connectivity index is 1.96. The maximum atomic E-state index is 13.7. The summed E-state index contributed by atoms with van der Waals surface area (Å²) in [4.78, 5) is 27.5. The van der Waals surface area contributed by atoms with E-state index in [1.807, 2.05) is 58.6 Å².